The van der Waals surface area contributed by atoms with Gasteiger partial charge in [-0.1, -0.05) is 39.0 Å². The molecule has 3 N–H and O–H groups in total. The van der Waals surface area contributed by atoms with Crippen molar-refractivity contribution in [1.82, 2.24) is 0 Å². The predicted molar refractivity (Wildman–Crippen MR) is 69.0 cm³/mol. The maximum absolute atomic E-state index is 9.97. The molecular weight excluding hydrogens is 198 g/mol. The third kappa shape index (κ3) is 2.86. The maximum atomic E-state index is 9.97. The van der Waals surface area contributed by atoms with Gasteiger partial charge in [0.2, 0.25) is 0 Å². The summed E-state index contributed by atoms with van der Waals surface area (Å²) >= 11 is 0. The fraction of sp³-hybridized carbons (Fsp3) is 0.429. The lowest BCUT2D eigenvalue weighted by Gasteiger charge is -2.15. The van der Waals surface area contributed by atoms with Crippen LogP contribution in [-0.2, 0) is 0 Å². The van der Waals surface area contributed by atoms with Gasteiger partial charge in [0.25, 0.3) is 0 Å². The van der Waals surface area contributed by atoms with Gasteiger partial charge in [-0.05, 0) is 41.3 Å². The van der Waals surface area contributed by atoms with Crippen LogP contribution >= 0.6 is 0 Å². The smallest absolute Gasteiger partial charge is 0.0793 e. The zero-order chi connectivity index (χ0) is 12.1. The Morgan fingerprint density at radius 2 is 2.06 bits per heavy atom. The minimum absolute atomic E-state index is 0.412. The average Bonchev–Trinajstić information content (AvgIpc) is 2.28. The molecule has 0 heterocycles. The molecule has 1 unspecified atom stereocenters. The monoisotopic (exact) mass is 219 g/mol. The molecule has 0 bridgehead atoms. The van der Waals surface area contributed by atoms with Gasteiger partial charge in [-0.3, -0.25) is 0 Å². The Morgan fingerprint density at radius 3 is 2.56 bits per heavy atom. The summed E-state index contributed by atoms with van der Waals surface area (Å²) in [6, 6.07) is 6.19. The molecule has 0 amide bonds. The first-order valence-corrected chi connectivity index (χ1v) is 5.80. The molecule has 0 aromatic heterocycles. The average molecular weight is 219 g/mol. The summed E-state index contributed by atoms with van der Waals surface area (Å²) < 4.78 is 0. The van der Waals surface area contributed by atoms with Crippen LogP contribution in [0.1, 0.15) is 55.9 Å². The van der Waals surface area contributed by atoms with Crippen molar-refractivity contribution in [1.29, 1.82) is 0 Å². The lowest BCUT2D eigenvalue weighted by molar-refractivity contribution is 0.173. The first-order chi connectivity index (χ1) is 7.60. The molecule has 2 nitrogen and oxygen atoms in total. The highest BCUT2D eigenvalue weighted by atomic mass is 16.3. The van der Waals surface area contributed by atoms with E-state index in [-0.39, 0.29) is 0 Å². The van der Waals surface area contributed by atoms with Crippen LogP contribution in [0.5, 0.6) is 0 Å². The summed E-state index contributed by atoms with van der Waals surface area (Å²) in [6.07, 6.45) is 3.64. The predicted octanol–water partition coefficient (Wildman–Crippen LogP) is 3.18. The number of hydrogen-bond donors (Lipinski definition) is 2. The highest BCUT2D eigenvalue weighted by Crippen LogP contribution is 2.26. The second-order valence-electron chi connectivity index (χ2n) is 4.33. The summed E-state index contributed by atoms with van der Waals surface area (Å²) in [5.74, 6) is 0.471. The number of rotatable bonds is 4. The minimum atomic E-state index is -0.412. The lowest BCUT2D eigenvalue weighted by Crippen LogP contribution is -2.01. The van der Waals surface area contributed by atoms with Crippen LogP contribution in [0.25, 0.3) is 6.08 Å². The fourth-order valence-electron chi connectivity index (χ4n) is 1.72. The molecule has 1 rings (SSSR count). The Hall–Kier alpha value is -1.28. The van der Waals surface area contributed by atoms with Gasteiger partial charge in [0, 0.05) is 0 Å². The molecule has 0 aliphatic heterocycles. The van der Waals surface area contributed by atoms with E-state index in [1.165, 1.54) is 11.8 Å². The standard InChI is InChI=1S/C14H21NO/c1-4-14(16)13-9-12(10(2)3)6-5-11(13)7-8-15/h5-10,14,16H,4,15H2,1-3H3/b8-7-. The summed E-state index contributed by atoms with van der Waals surface area (Å²) in [5.41, 5.74) is 8.62. The van der Waals surface area contributed by atoms with E-state index in [4.69, 9.17) is 5.73 Å². The van der Waals surface area contributed by atoms with E-state index < -0.39 is 6.10 Å². The Balaban J connectivity index is 3.20. The van der Waals surface area contributed by atoms with Crippen molar-refractivity contribution in [3.63, 3.8) is 0 Å². The van der Waals surface area contributed by atoms with Crippen molar-refractivity contribution in [3.05, 3.63) is 41.1 Å². The number of aliphatic hydroxyl groups is 1. The van der Waals surface area contributed by atoms with Crippen molar-refractivity contribution in [2.45, 2.75) is 39.2 Å². The van der Waals surface area contributed by atoms with Gasteiger partial charge in [-0.25, -0.2) is 0 Å². The molecule has 1 aromatic carbocycles. The topological polar surface area (TPSA) is 46.2 Å². The number of benzene rings is 1. The largest absolute Gasteiger partial charge is 0.405 e. The van der Waals surface area contributed by atoms with Crippen molar-refractivity contribution >= 4 is 6.08 Å². The maximum Gasteiger partial charge on any atom is 0.0793 e. The Bertz CT molecular complexity index is 369. The molecule has 0 saturated carbocycles. The van der Waals surface area contributed by atoms with Crippen LogP contribution in [0.3, 0.4) is 0 Å². The van der Waals surface area contributed by atoms with Gasteiger partial charge in [-0.2, -0.15) is 0 Å². The van der Waals surface area contributed by atoms with E-state index in [0.29, 0.717) is 12.3 Å². The Kier molecular flexibility index (Phi) is 4.56. The van der Waals surface area contributed by atoms with Crippen molar-refractivity contribution in [2.24, 2.45) is 5.73 Å². The zero-order valence-electron chi connectivity index (χ0n) is 10.3. The van der Waals surface area contributed by atoms with E-state index in [1.807, 2.05) is 19.1 Å². The van der Waals surface area contributed by atoms with Crippen molar-refractivity contribution < 1.29 is 5.11 Å². The molecular formula is C14H21NO. The van der Waals surface area contributed by atoms with Gasteiger partial charge < -0.3 is 10.8 Å². The number of hydrogen-bond acceptors (Lipinski definition) is 2. The molecule has 16 heavy (non-hydrogen) atoms. The van der Waals surface area contributed by atoms with Gasteiger partial charge in [0.15, 0.2) is 0 Å². The second kappa shape index (κ2) is 5.71. The first kappa shape index (κ1) is 12.8. The van der Waals surface area contributed by atoms with E-state index in [1.54, 1.807) is 0 Å². The van der Waals surface area contributed by atoms with Crippen molar-refractivity contribution in [3.8, 4) is 0 Å². The molecule has 1 atom stereocenters. The van der Waals surface area contributed by atoms with Crippen LogP contribution in [0.4, 0.5) is 0 Å². The first-order valence-electron chi connectivity index (χ1n) is 5.80. The van der Waals surface area contributed by atoms with Crippen molar-refractivity contribution in [2.75, 3.05) is 0 Å². The van der Waals surface area contributed by atoms with Crippen LogP contribution in [0, 0.1) is 0 Å². The normalized spacial score (nSPS) is 13.6. The third-order valence-electron chi connectivity index (χ3n) is 2.80. The third-order valence-corrected chi connectivity index (χ3v) is 2.80. The highest BCUT2D eigenvalue weighted by molar-refractivity contribution is 5.55. The van der Waals surface area contributed by atoms with Gasteiger partial charge >= 0.3 is 0 Å². The lowest BCUT2D eigenvalue weighted by atomic mass is 9.93. The van der Waals surface area contributed by atoms with Crippen LogP contribution in [0.15, 0.2) is 24.4 Å². The van der Waals surface area contributed by atoms with E-state index >= 15 is 0 Å². The minimum Gasteiger partial charge on any atom is -0.405 e. The summed E-state index contributed by atoms with van der Waals surface area (Å²) in [7, 11) is 0. The van der Waals surface area contributed by atoms with Gasteiger partial charge in [0.05, 0.1) is 6.10 Å². The molecule has 0 fully saturated rings. The second-order valence-corrected chi connectivity index (χ2v) is 4.33. The zero-order valence-corrected chi connectivity index (χ0v) is 10.3. The number of aliphatic hydroxyl groups excluding tert-OH is 1. The summed E-state index contributed by atoms with van der Waals surface area (Å²) in [5, 5.41) is 9.97. The van der Waals surface area contributed by atoms with E-state index in [2.05, 4.69) is 26.0 Å². The van der Waals surface area contributed by atoms with Crippen LogP contribution in [0.2, 0.25) is 0 Å². The Morgan fingerprint density at radius 1 is 1.38 bits per heavy atom. The summed E-state index contributed by atoms with van der Waals surface area (Å²) in [4.78, 5) is 0. The highest BCUT2D eigenvalue weighted by Gasteiger charge is 2.11. The molecule has 0 saturated heterocycles. The molecule has 88 valence electrons. The quantitative estimate of drug-likeness (QED) is 0.817. The number of nitrogens with two attached hydrogens (primary N) is 1. The van der Waals surface area contributed by atoms with Crippen LogP contribution in [-0.4, -0.2) is 5.11 Å². The van der Waals surface area contributed by atoms with Crippen LogP contribution < -0.4 is 5.73 Å². The molecule has 0 aliphatic rings. The Labute approximate surface area is 97.8 Å². The molecule has 2 heteroatoms. The molecule has 1 aromatic rings. The van der Waals surface area contributed by atoms with E-state index in [0.717, 1.165) is 11.1 Å². The fourth-order valence-corrected chi connectivity index (χ4v) is 1.72. The molecule has 0 radical (unpaired) electrons. The van der Waals surface area contributed by atoms with E-state index in [9.17, 15) is 5.11 Å². The molecule has 0 spiro atoms. The van der Waals surface area contributed by atoms with Gasteiger partial charge in [-0.15, -0.1) is 0 Å². The SMILES string of the molecule is CCC(O)c1cc(C(C)C)ccc1/C=C\N. The summed E-state index contributed by atoms with van der Waals surface area (Å²) in [6.45, 7) is 6.27. The van der Waals surface area contributed by atoms with Gasteiger partial charge in [0.1, 0.15) is 0 Å². The molecule has 0 aliphatic carbocycles.